The average molecular weight is 269 g/mol. The highest BCUT2D eigenvalue weighted by atomic mass is 32.2. The van der Waals surface area contributed by atoms with Crippen molar-refractivity contribution in [1.29, 1.82) is 0 Å². The molecule has 6 heteroatoms. The third kappa shape index (κ3) is 6.81. The van der Waals surface area contributed by atoms with Gasteiger partial charge in [-0.25, -0.2) is 0 Å². The first-order valence-corrected chi connectivity index (χ1v) is 6.90. The normalized spacial score (nSPS) is 21.4. The molecular weight excluding hydrogens is 251 g/mol. The highest BCUT2D eigenvalue weighted by molar-refractivity contribution is 7.99. The standard InChI is InChI=1S/C11H18F3NOS/c1-16-15-10-4-2-9(3-5-10)8-17-7-6-11(12,13)14/h9H,2-8H2,1H3. The third-order valence-electron chi connectivity index (χ3n) is 2.79. The SMILES string of the molecule is CON=C1CCC(CSCCC(F)(F)F)CC1. The first-order valence-electron chi connectivity index (χ1n) is 5.74. The molecule has 1 aliphatic rings. The Morgan fingerprint density at radius 3 is 2.53 bits per heavy atom. The number of nitrogens with zero attached hydrogens (tertiary/aromatic N) is 1. The molecule has 100 valence electrons. The van der Waals surface area contributed by atoms with E-state index >= 15 is 0 Å². The Bertz CT molecular complexity index is 246. The van der Waals surface area contributed by atoms with E-state index in [9.17, 15) is 13.2 Å². The predicted octanol–water partition coefficient (Wildman–Crippen LogP) is 3.86. The molecule has 0 aromatic carbocycles. The Morgan fingerprint density at radius 1 is 1.35 bits per heavy atom. The molecule has 1 rings (SSSR count). The maximum absolute atomic E-state index is 11.9. The molecule has 0 aliphatic heterocycles. The van der Waals surface area contributed by atoms with Crippen molar-refractivity contribution in [3.05, 3.63) is 0 Å². The molecule has 0 N–H and O–H groups in total. The molecule has 1 aliphatic carbocycles. The van der Waals surface area contributed by atoms with E-state index in [4.69, 9.17) is 4.84 Å². The third-order valence-corrected chi connectivity index (χ3v) is 3.99. The van der Waals surface area contributed by atoms with Crippen molar-refractivity contribution < 1.29 is 18.0 Å². The molecule has 0 bridgehead atoms. The molecule has 0 aromatic heterocycles. The summed E-state index contributed by atoms with van der Waals surface area (Å²) in [7, 11) is 1.53. The van der Waals surface area contributed by atoms with Gasteiger partial charge in [-0.1, -0.05) is 5.16 Å². The van der Waals surface area contributed by atoms with Crippen molar-refractivity contribution in [1.82, 2.24) is 0 Å². The van der Waals surface area contributed by atoms with Gasteiger partial charge in [0.15, 0.2) is 0 Å². The highest BCUT2D eigenvalue weighted by Crippen LogP contribution is 2.28. The van der Waals surface area contributed by atoms with Crippen LogP contribution in [0.1, 0.15) is 32.1 Å². The second-order valence-corrected chi connectivity index (χ2v) is 5.37. The summed E-state index contributed by atoms with van der Waals surface area (Å²) in [5, 5.41) is 3.91. The maximum Gasteiger partial charge on any atom is 0.389 e. The molecule has 2 nitrogen and oxygen atoms in total. The molecule has 0 atom stereocenters. The Balaban J connectivity index is 2.09. The van der Waals surface area contributed by atoms with Crippen LogP contribution >= 0.6 is 11.8 Å². The number of thioether (sulfide) groups is 1. The van der Waals surface area contributed by atoms with Gasteiger partial charge in [-0.3, -0.25) is 0 Å². The van der Waals surface area contributed by atoms with Crippen LogP contribution in [0.2, 0.25) is 0 Å². The summed E-state index contributed by atoms with van der Waals surface area (Å²) < 4.78 is 35.7. The Morgan fingerprint density at radius 2 is 2.00 bits per heavy atom. The molecule has 0 heterocycles. The fourth-order valence-electron chi connectivity index (χ4n) is 1.84. The molecule has 0 aromatic rings. The second kappa shape index (κ2) is 7.13. The van der Waals surface area contributed by atoms with Crippen molar-refractivity contribution >= 4 is 17.5 Å². The zero-order chi connectivity index (χ0) is 12.7. The van der Waals surface area contributed by atoms with Gasteiger partial charge in [-0.15, -0.1) is 0 Å². The van der Waals surface area contributed by atoms with Gasteiger partial charge in [0.25, 0.3) is 0 Å². The summed E-state index contributed by atoms with van der Waals surface area (Å²) in [6.07, 6.45) is -0.836. The first kappa shape index (κ1) is 14.7. The Labute approximate surface area is 104 Å². The fraction of sp³-hybridized carbons (Fsp3) is 0.909. The van der Waals surface area contributed by atoms with Gasteiger partial charge < -0.3 is 4.84 Å². The number of halogens is 3. The summed E-state index contributed by atoms with van der Waals surface area (Å²) in [6.45, 7) is 0. The van der Waals surface area contributed by atoms with Crippen LogP contribution in [0.25, 0.3) is 0 Å². The monoisotopic (exact) mass is 269 g/mol. The van der Waals surface area contributed by atoms with Crippen LogP contribution in [0.5, 0.6) is 0 Å². The lowest BCUT2D eigenvalue weighted by atomic mass is 9.89. The van der Waals surface area contributed by atoms with Crippen LogP contribution in [0.15, 0.2) is 5.16 Å². The molecule has 0 unspecified atom stereocenters. The zero-order valence-corrected chi connectivity index (χ0v) is 10.7. The van der Waals surface area contributed by atoms with E-state index in [-0.39, 0.29) is 5.75 Å². The van der Waals surface area contributed by atoms with Gasteiger partial charge in [0, 0.05) is 5.75 Å². The number of hydrogen-bond donors (Lipinski definition) is 0. The number of oxime groups is 1. The molecule has 0 saturated heterocycles. The molecule has 0 radical (unpaired) electrons. The van der Waals surface area contributed by atoms with Crippen molar-refractivity contribution in [3.8, 4) is 0 Å². The molecule has 17 heavy (non-hydrogen) atoms. The zero-order valence-electron chi connectivity index (χ0n) is 9.92. The van der Waals surface area contributed by atoms with Gasteiger partial charge in [0.05, 0.1) is 12.1 Å². The molecule has 0 spiro atoms. The molecule has 1 fully saturated rings. The van der Waals surface area contributed by atoms with E-state index in [1.165, 1.54) is 18.9 Å². The Kier molecular flexibility index (Phi) is 6.16. The predicted molar refractivity (Wildman–Crippen MR) is 64.4 cm³/mol. The summed E-state index contributed by atoms with van der Waals surface area (Å²) in [5.74, 6) is 1.54. The smallest absolute Gasteiger partial charge is 0.389 e. The van der Waals surface area contributed by atoms with Gasteiger partial charge in [0.1, 0.15) is 7.11 Å². The summed E-state index contributed by atoms with van der Waals surface area (Å²) in [4.78, 5) is 4.71. The molecular formula is C11H18F3NOS. The van der Waals surface area contributed by atoms with E-state index in [1.54, 1.807) is 0 Å². The van der Waals surface area contributed by atoms with Crippen LogP contribution in [0.3, 0.4) is 0 Å². The lowest BCUT2D eigenvalue weighted by molar-refractivity contribution is -0.129. The molecule has 1 saturated carbocycles. The van der Waals surface area contributed by atoms with Gasteiger partial charge >= 0.3 is 6.18 Å². The van der Waals surface area contributed by atoms with Crippen molar-refractivity contribution in [2.45, 2.75) is 38.3 Å². The van der Waals surface area contributed by atoms with E-state index in [0.29, 0.717) is 5.92 Å². The van der Waals surface area contributed by atoms with Gasteiger partial charge in [0.2, 0.25) is 0 Å². The first-order chi connectivity index (χ1) is 8.01. The minimum Gasteiger partial charge on any atom is -0.399 e. The van der Waals surface area contributed by atoms with Crippen molar-refractivity contribution in [2.24, 2.45) is 11.1 Å². The largest absolute Gasteiger partial charge is 0.399 e. The van der Waals surface area contributed by atoms with Crippen LogP contribution < -0.4 is 0 Å². The maximum atomic E-state index is 11.9. The fourth-order valence-corrected chi connectivity index (χ4v) is 3.04. The summed E-state index contributed by atoms with van der Waals surface area (Å²) in [6, 6.07) is 0. The van der Waals surface area contributed by atoms with E-state index < -0.39 is 12.6 Å². The van der Waals surface area contributed by atoms with Gasteiger partial charge in [-0.05, 0) is 37.4 Å². The minimum atomic E-state index is -4.02. The van der Waals surface area contributed by atoms with Crippen LogP contribution in [0.4, 0.5) is 13.2 Å². The van der Waals surface area contributed by atoms with E-state index in [1.807, 2.05) is 0 Å². The second-order valence-electron chi connectivity index (χ2n) is 4.22. The topological polar surface area (TPSA) is 21.6 Å². The van der Waals surface area contributed by atoms with Crippen molar-refractivity contribution in [2.75, 3.05) is 18.6 Å². The van der Waals surface area contributed by atoms with Crippen LogP contribution in [-0.2, 0) is 4.84 Å². The summed E-state index contributed by atoms with van der Waals surface area (Å²) in [5.41, 5.74) is 1.07. The number of hydrogen-bond acceptors (Lipinski definition) is 3. The molecule has 0 amide bonds. The van der Waals surface area contributed by atoms with Gasteiger partial charge in [-0.2, -0.15) is 24.9 Å². The van der Waals surface area contributed by atoms with E-state index in [2.05, 4.69) is 5.16 Å². The van der Waals surface area contributed by atoms with Crippen LogP contribution in [-0.4, -0.2) is 30.5 Å². The Hall–Kier alpha value is -0.390. The lowest BCUT2D eigenvalue weighted by Crippen LogP contribution is -2.17. The lowest BCUT2D eigenvalue weighted by Gasteiger charge is -2.22. The number of alkyl halides is 3. The average Bonchev–Trinajstić information content (AvgIpc) is 2.26. The quantitative estimate of drug-likeness (QED) is 0.558. The summed E-state index contributed by atoms with van der Waals surface area (Å²) >= 11 is 1.41. The highest BCUT2D eigenvalue weighted by Gasteiger charge is 2.26. The minimum absolute atomic E-state index is 0.180. The number of rotatable bonds is 5. The van der Waals surface area contributed by atoms with E-state index in [0.717, 1.165) is 37.1 Å². The van der Waals surface area contributed by atoms with Crippen molar-refractivity contribution in [3.63, 3.8) is 0 Å². The van der Waals surface area contributed by atoms with Crippen LogP contribution in [0, 0.1) is 5.92 Å².